The number of carbonyl (C=O) groups is 1. The Morgan fingerprint density at radius 2 is 2.33 bits per heavy atom. The van der Waals surface area contributed by atoms with E-state index in [-0.39, 0.29) is 6.54 Å². The quantitative estimate of drug-likeness (QED) is 0.643. The second-order valence-electron chi connectivity index (χ2n) is 3.89. The second kappa shape index (κ2) is 6.31. The third-order valence-corrected chi connectivity index (χ3v) is 2.92. The molecule has 0 atom stereocenters. The molecule has 21 heavy (non-hydrogen) atoms. The van der Waals surface area contributed by atoms with Crippen LogP contribution < -0.4 is 10.1 Å². The molecule has 2 rings (SSSR count). The maximum atomic E-state index is 11.9. The van der Waals surface area contributed by atoms with Gasteiger partial charge in [0, 0.05) is 9.57 Å². The van der Waals surface area contributed by atoms with Gasteiger partial charge in [-0.2, -0.15) is 4.68 Å². The summed E-state index contributed by atoms with van der Waals surface area (Å²) >= 11 is 3.29. The number of nitro groups is 1. The molecule has 0 unspecified atom stereocenters. The minimum atomic E-state index is -0.730. The summed E-state index contributed by atoms with van der Waals surface area (Å²) in [5, 5.41) is 16.7. The molecular weight excluding hydrogens is 346 g/mol. The first kappa shape index (κ1) is 14.9. The van der Waals surface area contributed by atoms with Crippen molar-refractivity contribution in [2.75, 3.05) is 12.4 Å². The zero-order valence-electron chi connectivity index (χ0n) is 10.8. The van der Waals surface area contributed by atoms with Gasteiger partial charge in [-0.1, -0.05) is 20.9 Å². The minimum absolute atomic E-state index is 0.198. The van der Waals surface area contributed by atoms with Crippen molar-refractivity contribution in [2.24, 2.45) is 0 Å². The highest BCUT2D eigenvalue weighted by Gasteiger charge is 2.16. The molecule has 0 saturated carbocycles. The lowest BCUT2D eigenvalue weighted by molar-refractivity contribution is -0.394. The van der Waals surface area contributed by atoms with Gasteiger partial charge in [0.05, 0.1) is 12.8 Å². The standard InChI is InChI=1S/C11H10BrN5O4/c1-21-9-3-2-7(12)4-8(9)14-10(18)5-16-6-13-11(15-16)17(19)20/h2-4,6H,5H2,1H3,(H,14,18). The van der Waals surface area contributed by atoms with Crippen LogP contribution in [0.1, 0.15) is 0 Å². The molecule has 2 aromatic rings. The number of anilines is 1. The van der Waals surface area contributed by atoms with E-state index in [9.17, 15) is 14.9 Å². The summed E-state index contributed by atoms with van der Waals surface area (Å²) < 4.78 is 6.98. The molecule has 0 bridgehead atoms. The van der Waals surface area contributed by atoms with Crippen LogP contribution in [-0.4, -0.2) is 32.7 Å². The Labute approximate surface area is 127 Å². The summed E-state index contributed by atoms with van der Waals surface area (Å²) in [6.45, 7) is -0.198. The van der Waals surface area contributed by atoms with E-state index in [0.717, 1.165) is 15.5 Å². The molecule has 0 saturated heterocycles. The number of aromatic nitrogens is 3. The molecule has 1 heterocycles. The molecule has 1 N–H and O–H groups in total. The van der Waals surface area contributed by atoms with Gasteiger partial charge in [0.25, 0.3) is 0 Å². The normalized spacial score (nSPS) is 10.2. The Hall–Kier alpha value is -2.49. The topological polar surface area (TPSA) is 112 Å². The van der Waals surface area contributed by atoms with Crippen LogP contribution in [0, 0.1) is 10.1 Å². The van der Waals surface area contributed by atoms with E-state index in [1.807, 2.05) is 0 Å². The van der Waals surface area contributed by atoms with Crippen molar-refractivity contribution in [2.45, 2.75) is 6.54 Å². The molecule has 1 aromatic carbocycles. The van der Waals surface area contributed by atoms with Crippen LogP contribution >= 0.6 is 15.9 Å². The monoisotopic (exact) mass is 355 g/mol. The highest BCUT2D eigenvalue weighted by atomic mass is 79.9. The van der Waals surface area contributed by atoms with Gasteiger partial charge in [0.2, 0.25) is 12.2 Å². The van der Waals surface area contributed by atoms with E-state index in [2.05, 4.69) is 31.3 Å². The molecule has 1 amide bonds. The van der Waals surface area contributed by atoms with Crippen molar-refractivity contribution in [1.82, 2.24) is 14.8 Å². The average molecular weight is 356 g/mol. The van der Waals surface area contributed by atoms with Crippen LogP contribution in [0.3, 0.4) is 0 Å². The van der Waals surface area contributed by atoms with Gasteiger partial charge in [-0.25, -0.2) is 0 Å². The van der Waals surface area contributed by atoms with E-state index < -0.39 is 16.8 Å². The van der Waals surface area contributed by atoms with Crippen LogP contribution in [0.2, 0.25) is 0 Å². The molecule has 9 nitrogen and oxygen atoms in total. The lowest BCUT2D eigenvalue weighted by atomic mass is 10.3. The first-order valence-corrected chi connectivity index (χ1v) is 6.46. The van der Waals surface area contributed by atoms with E-state index in [4.69, 9.17) is 4.74 Å². The number of nitrogens with one attached hydrogen (secondary N) is 1. The van der Waals surface area contributed by atoms with Crippen LogP contribution in [-0.2, 0) is 11.3 Å². The smallest absolute Gasteiger partial charge is 0.490 e. The number of hydrogen-bond acceptors (Lipinski definition) is 6. The third-order valence-electron chi connectivity index (χ3n) is 2.43. The molecule has 110 valence electrons. The molecule has 0 fully saturated rings. The summed E-state index contributed by atoms with van der Waals surface area (Å²) in [4.78, 5) is 25.1. The fourth-order valence-electron chi connectivity index (χ4n) is 1.56. The van der Waals surface area contributed by atoms with Gasteiger partial charge in [0.1, 0.15) is 12.3 Å². The molecule has 0 spiro atoms. The number of nitrogens with zero attached hydrogens (tertiary/aromatic N) is 4. The van der Waals surface area contributed by atoms with E-state index in [1.165, 1.54) is 7.11 Å². The predicted octanol–water partition coefficient (Wildman–Crippen LogP) is 1.60. The van der Waals surface area contributed by atoms with Crippen molar-refractivity contribution in [3.05, 3.63) is 39.1 Å². The number of amides is 1. The number of methoxy groups -OCH3 is 1. The number of carbonyl (C=O) groups excluding carboxylic acids is 1. The highest BCUT2D eigenvalue weighted by molar-refractivity contribution is 9.10. The fourth-order valence-corrected chi connectivity index (χ4v) is 1.92. The van der Waals surface area contributed by atoms with E-state index >= 15 is 0 Å². The van der Waals surface area contributed by atoms with E-state index in [1.54, 1.807) is 18.2 Å². The number of rotatable bonds is 5. The summed E-state index contributed by atoms with van der Waals surface area (Å²) in [7, 11) is 1.49. The van der Waals surface area contributed by atoms with Crippen molar-refractivity contribution in [3.63, 3.8) is 0 Å². The SMILES string of the molecule is COc1ccc(Br)cc1NC(=O)Cn1cnc([N+](=O)[O-])n1. The Kier molecular flexibility index (Phi) is 4.48. The third kappa shape index (κ3) is 3.75. The maximum Gasteiger partial charge on any atom is 0.490 e. The molecular formula is C11H10BrN5O4. The van der Waals surface area contributed by atoms with Crippen LogP contribution in [0.25, 0.3) is 0 Å². The summed E-state index contributed by atoms with van der Waals surface area (Å²) in [6, 6.07) is 5.15. The van der Waals surface area contributed by atoms with Gasteiger partial charge in [-0.05, 0) is 23.1 Å². The summed E-state index contributed by atoms with van der Waals surface area (Å²) in [6.07, 6.45) is 1.12. The van der Waals surface area contributed by atoms with Crippen molar-refractivity contribution in [3.8, 4) is 5.75 Å². The second-order valence-corrected chi connectivity index (χ2v) is 4.81. The lowest BCUT2D eigenvalue weighted by Gasteiger charge is -2.09. The van der Waals surface area contributed by atoms with Gasteiger partial charge in [0.15, 0.2) is 0 Å². The zero-order chi connectivity index (χ0) is 15.4. The maximum absolute atomic E-state index is 11.9. The minimum Gasteiger partial charge on any atom is -0.495 e. The molecule has 0 aliphatic heterocycles. The van der Waals surface area contributed by atoms with Crippen LogP contribution in [0.15, 0.2) is 29.0 Å². The summed E-state index contributed by atoms with van der Waals surface area (Å²) in [5.41, 5.74) is 0.478. The van der Waals surface area contributed by atoms with Gasteiger partial charge in [-0.3, -0.25) is 4.79 Å². The Bertz CT molecular complexity index is 687. The van der Waals surface area contributed by atoms with Crippen molar-refractivity contribution in [1.29, 1.82) is 0 Å². The van der Waals surface area contributed by atoms with Gasteiger partial charge < -0.3 is 20.2 Å². The largest absolute Gasteiger partial charge is 0.495 e. The van der Waals surface area contributed by atoms with E-state index in [0.29, 0.717) is 11.4 Å². The van der Waals surface area contributed by atoms with Gasteiger partial charge in [-0.15, -0.1) is 0 Å². The molecule has 0 radical (unpaired) electrons. The number of benzene rings is 1. The highest BCUT2D eigenvalue weighted by Crippen LogP contribution is 2.27. The predicted molar refractivity (Wildman–Crippen MR) is 76.0 cm³/mol. The average Bonchev–Trinajstić information content (AvgIpc) is 2.87. The van der Waals surface area contributed by atoms with Crippen LogP contribution in [0.4, 0.5) is 11.6 Å². The molecule has 1 aromatic heterocycles. The molecule has 0 aliphatic carbocycles. The first-order chi connectivity index (χ1) is 9.99. The Morgan fingerprint density at radius 1 is 1.57 bits per heavy atom. The van der Waals surface area contributed by atoms with Crippen molar-refractivity contribution < 1.29 is 14.5 Å². The number of hydrogen-bond donors (Lipinski definition) is 1. The molecule has 10 heteroatoms. The van der Waals surface area contributed by atoms with Crippen molar-refractivity contribution >= 4 is 33.5 Å². The Morgan fingerprint density at radius 3 is 2.95 bits per heavy atom. The number of halogens is 1. The Balaban J connectivity index is 2.07. The fraction of sp³-hybridized carbons (Fsp3) is 0.182. The zero-order valence-corrected chi connectivity index (χ0v) is 12.4. The first-order valence-electron chi connectivity index (χ1n) is 5.67. The van der Waals surface area contributed by atoms with Crippen LogP contribution in [0.5, 0.6) is 5.75 Å². The number of ether oxygens (including phenoxy) is 1. The summed E-state index contributed by atoms with van der Waals surface area (Å²) in [5.74, 6) is -0.467. The lowest BCUT2D eigenvalue weighted by Crippen LogP contribution is -2.19. The van der Waals surface area contributed by atoms with Gasteiger partial charge >= 0.3 is 5.95 Å². The molecule has 0 aliphatic rings.